The molecule has 0 fully saturated rings. The minimum atomic E-state index is -0.749. The van der Waals surface area contributed by atoms with Crippen LogP contribution in [0.4, 0.5) is 5.95 Å². The number of anilines is 1. The summed E-state index contributed by atoms with van der Waals surface area (Å²) in [5, 5.41) is 15.8. The number of rotatable bonds is 3. The van der Waals surface area contributed by atoms with Crippen molar-refractivity contribution < 1.29 is 5.11 Å². The molecular weight excluding hydrogens is 192 g/mol. The van der Waals surface area contributed by atoms with Crippen LogP contribution in [0, 0.1) is 0 Å². The highest BCUT2D eigenvalue weighted by molar-refractivity contribution is 5.31. The molecule has 0 aromatic carbocycles. The predicted molar refractivity (Wildman–Crippen MR) is 57.4 cm³/mol. The topological polar surface area (TPSA) is 70.1 Å². The molecule has 2 rings (SSSR count). The zero-order valence-electron chi connectivity index (χ0n) is 9.04. The van der Waals surface area contributed by atoms with Gasteiger partial charge in [-0.25, -0.2) is 9.97 Å². The smallest absolute Gasteiger partial charge is 0.223 e. The zero-order valence-corrected chi connectivity index (χ0v) is 9.04. The van der Waals surface area contributed by atoms with Crippen LogP contribution in [0.15, 0.2) is 6.20 Å². The Balaban J connectivity index is 2.04. The first-order valence-corrected chi connectivity index (χ1v) is 5.06. The number of hydrogen-bond donors (Lipinski definition) is 3. The predicted octanol–water partition coefficient (Wildman–Crippen LogP) is 0.263. The van der Waals surface area contributed by atoms with E-state index < -0.39 is 5.60 Å². The molecule has 0 unspecified atom stereocenters. The highest BCUT2D eigenvalue weighted by Crippen LogP contribution is 2.13. The van der Waals surface area contributed by atoms with Gasteiger partial charge in [-0.2, -0.15) is 0 Å². The van der Waals surface area contributed by atoms with Gasteiger partial charge < -0.3 is 15.7 Å². The van der Waals surface area contributed by atoms with Gasteiger partial charge >= 0.3 is 0 Å². The number of nitrogens with one attached hydrogen (secondary N) is 2. The van der Waals surface area contributed by atoms with Crippen LogP contribution in [0.3, 0.4) is 0 Å². The van der Waals surface area contributed by atoms with E-state index >= 15 is 0 Å². The van der Waals surface area contributed by atoms with Gasteiger partial charge in [0.2, 0.25) is 5.95 Å². The van der Waals surface area contributed by atoms with Gasteiger partial charge in [0.05, 0.1) is 11.3 Å². The van der Waals surface area contributed by atoms with E-state index in [0.717, 1.165) is 24.3 Å². The Kier molecular flexibility index (Phi) is 2.58. The molecule has 1 aliphatic heterocycles. The normalized spacial score (nSPS) is 15.1. The fourth-order valence-corrected chi connectivity index (χ4v) is 1.44. The molecule has 15 heavy (non-hydrogen) atoms. The van der Waals surface area contributed by atoms with Crippen molar-refractivity contribution in [3.05, 3.63) is 17.5 Å². The Labute approximate surface area is 88.9 Å². The molecule has 0 radical (unpaired) electrons. The maximum atomic E-state index is 9.54. The first kappa shape index (κ1) is 10.3. The molecule has 2 heterocycles. The summed E-state index contributed by atoms with van der Waals surface area (Å²) in [4.78, 5) is 8.54. The van der Waals surface area contributed by atoms with Crippen molar-refractivity contribution in [1.82, 2.24) is 15.3 Å². The van der Waals surface area contributed by atoms with Gasteiger partial charge in [0.1, 0.15) is 0 Å². The standard InChI is InChI=1S/C10H16N4O/c1-10(2,15)6-13-9-12-4-7-3-11-5-8(7)14-9/h4,11,15H,3,5-6H2,1-2H3,(H,12,13,14). The summed E-state index contributed by atoms with van der Waals surface area (Å²) in [6.07, 6.45) is 1.83. The van der Waals surface area contributed by atoms with E-state index in [1.54, 1.807) is 13.8 Å². The van der Waals surface area contributed by atoms with Gasteiger partial charge in [-0.05, 0) is 13.8 Å². The zero-order chi connectivity index (χ0) is 10.9. The van der Waals surface area contributed by atoms with Crippen molar-refractivity contribution in [1.29, 1.82) is 0 Å². The van der Waals surface area contributed by atoms with Crippen molar-refractivity contribution in [3.63, 3.8) is 0 Å². The van der Waals surface area contributed by atoms with E-state index in [0.29, 0.717) is 12.5 Å². The van der Waals surface area contributed by atoms with Crippen LogP contribution in [-0.4, -0.2) is 27.2 Å². The molecule has 5 nitrogen and oxygen atoms in total. The second kappa shape index (κ2) is 3.75. The van der Waals surface area contributed by atoms with E-state index in [4.69, 9.17) is 0 Å². The highest BCUT2D eigenvalue weighted by atomic mass is 16.3. The Bertz CT molecular complexity index is 359. The van der Waals surface area contributed by atoms with E-state index in [1.165, 1.54) is 0 Å². The van der Waals surface area contributed by atoms with Crippen LogP contribution in [0.25, 0.3) is 0 Å². The molecule has 82 valence electrons. The van der Waals surface area contributed by atoms with Gasteiger partial charge in [-0.15, -0.1) is 0 Å². The Hall–Kier alpha value is -1.20. The lowest BCUT2D eigenvalue weighted by molar-refractivity contribution is 0.0943. The molecule has 0 atom stereocenters. The van der Waals surface area contributed by atoms with Crippen LogP contribution < -0.4 is 10.6 Å². The summed E-state index contributed by atoms with van der Waals surface area (Å²) in [6, 6.07) is 0. The fraction of sp³-hybridized carbons (Fsp3) is 0.600. The van der Waals surface area contributed by atoms with Gasteiger partial charge in [-0.1, -0.05) is 0 Å². The monoisotopic (exact) mass is 208 g/mol. The third-order valence-corrected chi connectivity index (χ3v) is 2.24. The first-order valence-electron chi connectivity index (χ1n) is 5.06. The Morgan fingerprint density at radius 2 is 2.33 bits per heavy atom. The van der Waals surface area contributed by atoms with Gasteiger partial charge in [0.15, 0.2) is 0 Å². The van der Waals surface area contributed by atoms with Crippen LogP contribution in [0.1, 0.15) is 25.1 Å². The molecule has 5 heteroatoms. The molecule has 0 saturated carbocycles. The average Bonchev–Trinajstić information content (AvgIpc) is 2.60. The van der Waals surface area contributed by atoms with Crippen LogP contribution >= 0.6 is 0 Å². The van der Waals surface area contributed by atoms with Gasteiger partial charge in [-0.3, -0.25) is 0 Å². The molecule has 1 aliphatic rings. The molecule has 1 aromatic rings. The number of nitrogens with zero attached hydrogens (tertiary/aromatic N) is 2. The molecular formula is C10H16N4O. The summed E-state index contributed by atoms with van der Waals surface area (Å²) < 4.78 is 0. The van der Waals surface area contributed by atoms with Crippen LogP contribution in [0.2, 0.25) is 0 Å². The van der Waals surface area contributed by atoms with Gasteiger partial charge in [0, 0.05) is 31.4 Å². The molecule has 1 aromatic heterocycles. The first-order chi connectivity index (χ1) is 7.04. The average molecular weight is 208 g/mol. The van der Waals surface area contributed by atoms with E-state index in [1.807, 2.05) is 6.20 Å². The second-order valence-corrected chi connectivity index (χ2v) is 4.44. The highest BCUT2D eigenvalue weighted by Gasteiger charge is 2.15. The molecule has 0 saturated heterocycles. The number of aromatic nitrogens is 2. The van der Waals surface area contributed by atoms with Crippen molar-refractivity contribution >= 4 is 5.95 Å². The van der Waals surface area contributed by atoms with Crippen molar-refractivity contribution in [2.45, 2.75) is 32.5 Å². The molecule has 0 amide bonds. The summed E-state index contributed by atoms with van der Waals surface area (Å²) >= 11 is 0. The fourth-order valence-electron chi connectivity index (χ4n) is 1.44. The van der Waals surface area contributed by atoms with Crippen molar-refractivity contribution in [2.75, 3.05) is 11.9 Å². The van der Waals surface area contributed by atoms with Crippen molar-refractivity contribution in [2.24, 2.45) is 0 Å². The SMILES string of the molecule is CC(C)(O)CNc1ncc2c(n1)CNC2. The van der Waals surface area contributed by atoms with E-state index in [9.17, 15) is 5.11 Å². The van der Waals surface area contributed by atoms with Crippen LogP contribution in [0.5, 0.6) is 0 Å². The third-order valence-electron chi connectivity index (χ3n) is 2.24. The van der Waals surface area contributed by atoms with E-state index in [-0.39, 0.29) is 0 Å². The molecule has 3 N–H and O–H groups in total. The molecule has 0 bridgehead atoms. The minimum absolute atomic E-state index is 0.444. The maximum Gasteiger partial charge on any atom is 0.223 e. The quantitative estimate of drug-likeness (QED) is 0.665. The number of hydrogen-bond acceptors (Lipinski definition) is 5. The number of fused-ring (bicyclic) bond motifs is 1. The minimum Gasteiger partial charge on any atom is -0.389 e. The number of aliphatic hydroxyl groups is 1. The lowest BCUT2D eigenvalue weighted by Gasteiger charge is -2.17. The van der Waals surface area contributed by atoms with Gasteiger partial charge in [0.25, 0.3) is 0 Å². The molecule has 0 aliphatic carbocycles. The third kappa shape index (κ3) is 2.64. The van der Waals surface area contributed by atoms with Crippen LogP contribution in [-0.2, 0) is 13.1 Å². The van der Waals surface area contributed by atoms with Crippen molar-refractivity contribution in [3.8, 4) is 0 Å². The summed E-state index contributed by atoms with van der Waals surface area (Å²) in [6.45, 7) is 5.58. The lowest BCUT2D eigenvalue weighted by atomic mass is 10.1. The van der Waals surface area contributed by atoms with E-state index in [2.05, 4.69) is 20.6 Å². The summed E-state index contributed by atoms with van der Waals surface area (Å²) in [5.74, 6) is 0.583. The Morgan fingerprint density at radius 3 is 3.07 bits per heavy atom. The largest absolute Gasteiger partial charge is 0.389 e. The summed E-state index contributed by atoms with van der Waals surface area (Å²) in [5.41, 5.74) is 1.45. The Morgan fingerprint density at radius 1 is 1.53 bits per heavy atom. The molecule has 0 spiro atoms. The second-order valence-electron chi connectivity index (χ2n) is 4.44. The summed E-state index contributed by atoms with van der Waals surface area (Å²) in [7, 11) is 0. The lowest BCUT2D eigenvalue weighted by Crippen LogP contribution is -2.30. The maximum absolute atomic E-state index is 9.54.